The van der Waals surface area contributed by atoms with Crippen molar-refractivity contribution >= 4 is 17.8 Å². The van der Waals surface area contributed by atoms with E-state index in [2.05, 4.69) is 5.32 Å². The number of rotatable bonds is 6. The highest BCUT2D eigenvalue weighted by Gasteiger charge is 2.32. The molecule has 3 rings (SSSR count). The Labute approximate surface area is 174 Å². The average Bonchev–Trinajstić information content (AvgIpc) is 3.16. The topological polar surface area (TPSA) is 105 Å². The van der Waals surface area contributed by atoms with Gasteiger partial charge in [-0.1, -0.05) is 6.07 Å². The van der Waals surface area contributed by atoms with Crippen molar-refractivity contribution in [3.05, 3.63) is 35.2 Å². The first-order valence-electron chi connectivity index (χ1n) is 10.2. The molecule has 1 aliphatic carbocycles. The summed E-state index contributed by atoms with van der Waals surface area (Å²) in [5.41, 5.74) is 0.780. The van der Waals surface area contributed by atoms with Gasteiger partial charge in [-0.2, -0.15) is 0 Å². The summed E-state index contributed by atoms with van der Waals surface area (Å²) in [7, 11) is 0. The monoisotopic (exact) mass is 421 g/mol. The molecular weight excluding hydrogens is 393 g/mol. The van der Waals surface area contributed by atoms with Crippen molar-refractivity contribution in [3.8, 4) is 5.75 Å². The predicted octanol–water partition coefficient (Wildman–Crippen LogP) is 2.09. The fraction of sp³-hybridized carbons (Fsp3) is 0.545. The largest absolute Gasteiger partial charge is 0.462 e. The number of benzene rings is 1. The van der Waals surface area contributed by atoms with E-state index in [0.29, 0.717) is 43.2 Å². The zero-order valence-electron chi connectivity index (χ0n) is 17.1. The van der Waals surface area contributed by atoms with Gasteiger partial charge in [0.2, 0.25) is 12.2 Å². The number of ketones is 1. The second-order valence-corrected chi connectivity index (χ2v) is 7.94. The Morgan fingerprint density at radius 2 is 1.87 bits per heavy atom. The second-order valence-electron chi connectivity index (χ2n) is 7.94. The van der Waals surface area contributed by atoms with E-state index >= 15 is 0 Å². The van der Waals surface area contributed by atoms with Crippen molar-refractivity contribution in [2.45, 2.75) is 76.6 Å². The molecule has 0 radical (unpaired) electrons. The van der Waals surface area contributed by atoms with Crippen LogP contribution in [0.15, 0.2) is 23.8 Å². The number of hydrogen-bond acceptors (Lipinski definition) is 6. The number of nitrogens with one attached hydrogen (secondary N) is 1. The zero-order valence-corrected chi connectivity index (χ0v) is 17.1. The SMILES string of the molecule is CC(=O)[C@@H]1CCC(Oc2ccc(/C=C(\C)C(=O)NC3[C@H](O)CCC[C@@H]3O)cc2F)O1. The summed E-state index contributed by atoms with van der Waals surface area (Å²) in [6.07, 6.45) is 1.55. The van der Waals surface area contributed by atoms with Crippen LogP contribution in [0.3, 0.4) is 0 Å². The molecule has 2 fully saturated rings. The number of hydrogen-bond donors (Lipinski definition) is 3. The molecule has 1 amide bonds. The van der Waals surface area contributed by atoms with Crippen LogP contribution in [0.2, 0.25) is 0 Å². The Kier molecular flexibility index (Phi) is 7.23. The predicted molar refractivity (Wildman–Crippen MR) is 107 cm³/mol. The maximum atomic E-state index is 14.4. The Balaban J connectivity index is 1.62. The first kappa shape index (κ1) is 22.4. The van der Waals surface area contributed by atoms with Gasteiger partial charge < -0.3 is 25.0 Å². The molecule has 5 atom stereocenters. The Hall–Kier alpha value is -2.29. The van der Waals surface area contributed by atoms with Crippen LogP contribution < -0.4 is 10.1 Å². The molecule has 3 N–H and O–H groups in total. The molecule has 0 spiro atoms. The number of aliphatic hydroxyl groups excluding tert-OH is 2. The van der Waals surface area contributed by atoms with Crippen molar-refractivity contribution in [1.29, 1.82) is 0 Å². The summed E-state index contributed by atoms with van der Waals surface area (Å²) in [5, 5.41) is 22.7. The van der Waals surface area contributed by atoms with E-state index in [1.54, 1.807) is 13.0 Å². The van der Waals surface area contributed by atoms with E-state index < -0.39 is 42.4 Å². The molecule has 0 bridgehead atoms. The number of Topliss-reactive ketones (excluding diaryl/α,β-unsaturated/α-hetero) is 1. The minimum atomic E-state index is -0.792. The molecule has 1 aromatic carbocycles. The quantitative estimate of drug-likeness (QED) is 0.608. The first-order chi connectivity index (χ1) is 14.2. The van der Waals surface area contributed by atoms with E-state index in [0.717, 1.165) is 0 Å². The molecule has 7 nitrogen and oxygen atoms in total. The van der Waals surface area contributed by atoms with Crippen LogP contribution in [0.25, 0.3) is 6.08 Å². The fourth-order valence-electron chi connectivity index (χ4n) is 3.76. The highest BCUT2D eigenvalue weighted by molar-refractivity contribution is 5.97. The smallest absolute Gasteiger partial charge is 0.247 e. The van der Waals surface area contributed by atoms with Gasteiger partial charge in [-0.25, -0.2) is 4.39 Å². The summed E-state index contributed by atoms with van der Waals surface area (Å²) in [6.45, 7) is 3.02. The third kappa shape index (κ3) is 5.44. The van der Waals surface area contributed by atoms with Crippen molar-refractivity contribution in [2.75, 3.05) is 0 Å². The summed E-state index contributed by atoms with van der Waals surface area (Å²) in [4.78, 5) is 23.8. The van der Waals surface area contributed by atoms with E-state index in [1.807, 2.05) is 0 Å². The molecule has 2 aliphatic rings. The van der Waals surface area contributed by atoms with Crippen LogP contribution in [0, 0.1) is 5.82 Å². The minimum absolute atomic E-state index is 0.0110. The van der Waals surface area contributed by atoms with Gasteiger partial charge in [-0.3, -0.25) is 9.59 Å². The van der Waals surface area contributed by atoms with Crippen molar-refractivity contribution in [3.63, 3.8) is 0 Å². The van der Waals surface area contributed by atoms with Gasteiger partial charge in [0.05, 0.1) is 18.2 Å². The summed E-state index contributed by atoms with van der Waals surface area (Å²) >= 11 is 0. The molecule has 8 heteroatoms. The molecule has 1 saturated carbocycles. The van der Waals surface area contributed by atoms with E-state index in [-0.39, 0.29) is 11.5 Å². The van der Waals surface area contributed by atoms with Crippen LogP contribution in [0.5, 0.6) is 5.75 Å². The third-order valence-corrected chi connectivity index (χ3v) is 5.52. The lowest BCUT2D eigenvalue weighted by Crippen LogP contribution is -2.53. The first-order valence-corrected chi connectivity index (χ1v) is 10.2. The van der Waals surface area contributed by atoms with Crippen LogP contribution in [-0.4, -0.2) is 52.5 Å². The molecule has 1 aliphatic heterocycles. The number of carbonyl (C=O) groups excluding carboxylic acids is 2. The number of aliphatic hydroxyl groups is 2. The average molecular weight is 421 g/mol. The molecule has 1 aromatic rings. The number of carbonyl (C=O) groups is 2. The lowest BCUT2D eigenvalue weighted by atomic mass is 9.89. The van der Waals surface area contributed by atoms with E-state index in [4.69, 9.17) is 9.47 Å². The molecule has 30 heavy (non-hydrogen) atoms. The fourth-order valence-corrected chi connectivity index (χ4v) is 3.76. The molecule has 164 valence electrons. The van der Waals surface area contributed by atoms with Gasteiger partial charge in [-0.15, -0.1) is 0 Å². The van der Waals surface area contributed by atoms with Crippen LogP contribution >= 0.6 is 0 Å². The van der Waals surface area contributed by atoms with Gasteiger partial charge in [0.15, 0.2) is 17.3 Å². The van der Waals surface area contributed by atoms with Crippen molar-refractivity contribution in [2.24, 2.45) is 0 Å². The molecule has 2 unspecified atom stereocenters. The Morgan fingerprint density at radius 1 is 1.17 bits per heavy atom. The number of ether oxygens (including phenoxy) is 2. The lowest BCUT2D eigenvalue weighted by Gasteiger charge is -2.32. The number of halogens is 1. The van der Waals surface area contributed by atoms with Crippen LogP contribution in [0.4, 0.5) is 4.39 Å². The van der Waals surface area contributed by atoms with Crippen molar-refractivity contribution in [1.82, 2.24) is 5.32 Å². The maximum absolute atomic E-state index is 14.4. The third-order valence-electron chi connectivity index (χ3n) is 5.52. The zero-order chi connectivity index (χ0) is 21.8. The van der Waals surface area contributed by atoms with E-state index in [1.165, 1.54) is 25.1 Å². The number of amides is 1. The molecule has 0 aromatic heterocycles. The summed E-state index contributed by atoms with van der Waals surface area (Å²) < 4.78 is 25.4. The van der Waals surface area contributed by atoms with Gasteiger partial charge in [0.1, 0.15) is 6.10 Å². The van der Waals surface area contributed by atoms with Gasteiger partial charge in [0, 0.05) is 12.0 Å². The normalized spacial score (nSPS) is 29.5. The molecule has 1 saturated heterocycles. The Morgan fingerprint density at radius 3 is 2.47 bits per heavy atom. The minimum Gasteiger partial charge on any atom is -0.462 e. The maximum Gasteiger partial charge on any atom is 0.247 e. The van der Waals surface area contributed by atoms with Crippen LogP contribution in [0.1, 0.15) is 51.5 Å². The van der Waals surface area contributed by atoms with Gasteiger partial charge >= 0.3 is 0 Å². The van der Waals surface area contributed by atoms with Crippen LogP contribution in [-0.2, 0) is 14.3 Å². The second kappa shape index (κ2) is 9.68. The van der Waals surface area contributed by atoms with Gasteiger partial charge in [-0.05, 0) is 63.3 Å². The highest BCUT2D eigenvalue weighted by atomic mass is 19.1. The summed E-state index contributed by atoms with van der Waals surface area (Å²) in [6, 6.07) is 3.59. The Bertz CT molecular complexity index is 816. The van der Waals surface area contributed by atoms with E-state index in [9.17, 15) is 24.2 Å². The molecule has 1 heterocycles. The highest BCUT2D eigenvalue weighted by Crippen LogP contribution is 2.27. The molecular formula is C22H28FNO6. The van der Waals surface area contributed by atoms with Crippen molar-refractivity contribution < 1.29 is 33.7 Å². The summed E-state index contributed by atoms with van der Waals surface area (Å²) in [5.74, 6) is -1.11. The lowest BCUT2D eigenvalue weighted by molar-refractivity contribution is -0.135. The van der Waals surface area contributed by atoms with Gasteiger partial charge in [0.25, 0.3) is 0 Å². The standard InChI is InChI=1S/C22H28FNO6/c1-12(22(28)24-21-16(26)4-3-5-17(21)27)10-14-6-7-19(15(23)11-14)30-20-9-8-18(29-20)13(2)25/h6-7,10-11,16-18,20-21,26-27H,3-5,8-9H2,1-2H3,(H,24,28)/b12-10+/t16-,17+,18-,20?,21?/m0/s1.